The molecule has 0 aliphatic rings. The van der Waals surface area contributed by atoms with Crippen LogP contribution < -0.4 is 15.4 Å². The average Bonchev–Trinajstić information content (AvgIpc) is 2.08. The number of guanidine groups is 1. The van der Waals surface area contributed by atoms with E-state index >= 15 is 0 Å². The van der Waals surface area contributed by atoms with Crippen LogP contribution in [0.25, 0.3) is 0 Å². The van der Waals surface area contributed by atoms with Gasteiger partial charge in [0.2, 0.25) is 10.0 Å². The standard InChI is InChI=1S/C8H20N4O2S.HI/c1-7(2)12-8(9-3)10-5-6-11-15(4,13)14;/h7,11H,5-6H2,1-4H3,(H2,9,10,12);1H. The fourth-order valence-corrected chi connectivity index (χ4v) is 1.36. The maximum Gasteiger partial charge on any atom is 0.208 e. The Balaban J connectivity index is 0. The Labute approximate surface area is 115 Å². The topological polar surface area (TPSA) is 82.6 Å². The summed E-state index contributed by atoms with van der Waals surface area (Å²) in [5.74, 6) is 0.667. The number of hydrogen-bond acceptors (Lipinski definition) is 3. The minimum atomic E-state index is -3.10. The lowest BCUT2D eigenvalue weighted by Crippen LogP contribution is -2.43. The summed E-state index contributed by atoms with van der Waals surface area (Å²) in [6.07, 6.45) is 1.13. The second-order valence-corrected chi connectivity index (χ2v) is 5.30. The van der Waals surface area contributed by atoms with Gasteiger partial charge in [-0.2, -0.15) is 0 Å². The Morgan fingerprint density at radius 1 is 1.31 bits per heavy atom. The number of halogens is 1. The van der Waals surface area contributed by atoms with Crippen LogP contribution in [0.3, 0.4) is 0 Å². The molecule has 0 aromatic carbocycles. The molecule has 0 radical (unpaired) electrons. The van der Waals surface area contributed by atoms with Crippen molar-refractivity contribution >= 4 is 40.0 Å². The number of hydrogen-bond donors (Lipinski definition) is 3. The van der Waals surface area contributed by atoms with Gasteiger partial charge in [-0.15, -0.1) is 24.0 Å². The summed E-state index contributed by atoms with van der Waals surface area (Å²) in [6, 6.07) is 0.291. The van der Waals surface area contributed by atoms with Gasteiger partial charge >= 0.3 is 0 Å². The zero-order chi connectivity index (χ0) is 11.9. The lowest BCUT2D eigenvalue weighted by Gasteiger charge is -2.14. The molecule has 0 saturated heterocycles. The number of sulfonamides is 1. The van der Waals surface area contributed by atoms with Gasteiger partial charge in [-0.3, -0.25) is 4.99 Å². The molecule has 0 aliphatic carbocycles. The highest BCUT2D eigenvalue weighted by molar-refractivity contribution is 14.0. The molecule has 0 saturated carbocycles. The molecule has 6 nitrogen and oxygen atoms in total. The monoisotopic (exact) mass is 364 g/mol. The molecular formula is C8H21IN4O2S. The zero-order valence-corrected chi connectivity index (χ0v) is 13.2. The highest BCUT2D eigenvalue weighted by Crippen LogP contribution is 1.77. The smallest absolute Gasteiger partial charge is 0.208 e. The minimum absolute atomic E-state index is 0. The minimum Gasteiger partial charge on any atom is -0.355 e. The van der Waals surface area contributed by atoms with Gasteiger partial charge in [0.1, 0.15) is 0 Å². The van der Waals surface area contributed by atoms with E-state index in [0.29, 0.717) is 25.1 Å². The van der Waals surface area contributed by atoms with E-state index in [1.807, 2.05) is 13.8 Å². The van der Waals surface area contributed by atoms with Crippen LogP contribution in [-0.4, -0.2) is 46.8 Å². The molecule has 98 valence electrons. The third-order valence-electron chi connectivity index (χ3n) is 1.43. The Morgan fingerprint density at radius 3 is 2.25 bits per heavy atom. The van der Waals surface area contributed by atoms with Gasteiger partial charge in [0.25, 0.3) is 0 Å². The molecule has 0 aromatic heterocycles. The van der Waals surface area contributed by atoms with Gasteiger partial charge in [-0.25, -0.2) is 13.1 Å². The first-order chi connectivity index (χ1) is 6.85. The number of nitrogens with zero attached hydrogens (tertiary/aromatic N) is 1. The zero-order valence-electron chi connectivity index (χ0n) is 10.1. The van der Waals surface area contributed by atoms with E-state index in [0.717, 1.165) is 6.26 Å². The van der Waals surface area contributed by atoms with Crippen LogP contribution in [0.2, 0.25) is 0 Å². The highest BCUT2D eigenvalue weighted by atomic mass is 127. The van der Waals surface area contributed by atoms with Crippen LogP contribution in [0.1, 0.15) is 13.8 Å². The Morgan fingerprint density at radius 2 is 1.88 bits per heavy atom. The van der Waals surface area contributed by atoms with Crippen molar-refractivity contribution in [1.29, 1.82) is 0 Å². The average molecular weight is 364 g/mol. The van der Waals surface area contributed by atoms with E-state index in [-0.39, 0.29) is 24.0 Å². The van der Waals surface area contributed by atoms with Gasteiger partial charge in [-0.1, -0.05) is 0 Å². The Bertz CT molecular complexity index is 303. The molecule has 0 spiro atoms. The maximum absolute atomic E-state index is 10.7. The number of nitrogens with one attached hydrogen (secondary N) is 3. The van der Waals surface area contributed by atoms with Gasteiger partial charge in [0.15, 0.2) is 5.96 Å². The molecular weight excluding hydrogens is 343 g/mol. The summed E-state index contributed by atoms with van der Waals surface area (Å²) in [4.78, 5) is 3.98. The van der Waals surface area contributed by atoms with Crippen molar-refractivity contribution in [3.63, 3.8) is 0 Å². The summed E-state index contributed by atoms with van der Waals surface area (Å²) in [7, 11) is -1.43. The van der Waals surface area contributed by atoms with E-state index in [4.69, 9.17) is 0 Å². The van der Waals surface area contributed by atoms with Crippen molar-refractivity contribution in [1.82, 2.24) is 15.4 Å². The predicted octanol–water partition coefficient (Wildman–Crippen LogP) is -0.273. The number of aliphatic imine (C=N–C) groups is 1. The van der Waals surface area contributed by atoms with Crippen molar-refractivity contribution in [3.8, 4) is 0 Å². The first kappa shape index (κ1) is 18.3. The van der Waals surface area contributed by atoms with Crippen molar-refractivity contribution in [2.45, 2.75) is 19.9 Å². The van der Waals surface area contributed by atoms with E-state index in [1.54, 1.807) is 7.05 Å². The fourth-order valence-electron chi connectivity index (χ4n) is 0.885. The van der Waals surface area contributed by atoms with Gasteiger partial charge in [0.05, 0.1) is 6.26 Å². The van der Waals surface area contributed by atoms with E-state index < -0.39 is 10.0 Å². The summed E-state index contributed by atoms with van der Waals surface area (Å²) >= 11 is 0. The lowest BCUT2D eigenvalue weighted by atomic mass is 10.4. The highest BCUT2D eigenvalue weighted by Gasteiger charge is 2.01. The van der Waals surface area contributed by atoms with Crippen LogP contribution in [0.15, 0.2) is 4.99 Å². The fraction of sp³-hybridized carbons (Fsp3) is 0.875. The van der Waals surface area contributed by atoms with Gasteiger partial charge in [-0.05, 0) is 13.8 Å². The van der Waals surface area contributed by atoms with Crippen LogP contribution in [0, 0.1) is 0 Å². The van der Waals surface area contributed by atoms with Crippen molar-refractivity contribution in [2.24, 2.45) is 4.99 Å². The summed E-state index contributed by atoms with van der Waals surface area (Å²) < 4.78 is 23.9. The predicted molar refractivity (Wildman–Crippen MR) is 77.9 cm³/mol. The quantitative estimate of drug-likeness (QED) is 0.271. The van der Waals surface area contributed by atoms with Crippen molar-refractivity contribution in [2.75, 3.05) is 26.4 Å². The van der Waals surface area contributed by atoms with Gasteiger partial charge < -0.3 is 10.6 Å². The molecule has 0 fully saturated rings. The molecule has 0 aliphatic heterocycles. The van der Waals surface area contributed by atoms with Crippen LogP contribution in [0.5, 0.6) is 0 Å². The molecule has 0 aromatic rings. The Kier molecular flexibility index (Phi) is 10.3. The van der Waals surface area contributed by atoms with Crippen LogP contribution in [-0.2, 0) is 10.0 Å². The normalized spacial score (nSPS) is 12.2. The third-order valence-corrected chi connectivity index (χ3v) is 2.16. The van der Waals surface area contributed by atoms with E-state index in [9.17, 15) is 8.42 Å². The van der Waals surface area contributed by atoms with Crippen molar-refractivity contribution in [3.05, 3.63) is 0 Å². The molecule has 0 amide bonds. The maximum atomic E-state index is 10.7. The number of rotatable bonds is 5. The third kappa shape index (κ3) is 12.0. The summed E-state index contributed by atoms with van der Waals surface area (Å²) in [5, 5.41) is 6.07. The molecule has 8 heteroatoms. The Hall–Kier alpha value is -0.0900. The second kappa shape index (κ2) is 8.99. The first-order valence-corrected chi connectivity index (χ1v) is 6.66. The second-order valence-electron chi connectivity index (χ2n) is 3.46. The van der Waals surface area contributed by atoms with Crippen LogP contribution in [0.4, 0.5) is 0 Å². The largest absolute Gasteiger partial charge is 0.355 e. The molecule has 0 atom stereocenters. The molecule has 0 unspecified atom stereocenters. The summed E-state index contributed by atoms with van der Waals surface area (Å²) in [6.45, 7) is 4.85. The summed E-state index contributed by atoms with van der Waals surface area (Å²) in [5.41, 5.74) is 0. The SMILES string of the molecule is CN=C(NCCNS(C)(=O)=O)NC(C)C.I. The lowest BCUT2D eigenvalue weighted by molar-refractivity contribution is 0.586. The molecule has 3 N–H and O–H groups in total. The van der Waals surface area contributed by atoms with E-state index in [1.165, 1.54) is 0 Å². The van der Waals surface area contributed by atoms with Crippen molar-refractivity contribution < 1.29 is 8.42 Å². The first-order valence-electron chi connectivity index (χ1n) is 4.77. The van der Waals surface area contributed by atoms with E-state index in [2.05, 4.69) is 20.3 Å². The van der Waals surface area contributed by atoms with Gasteiger partial charge in [0, 0.05) is 26.2 Å². The molecule has 0 bridgehead atoms. The molecule has 0 heterocycles. The molecule has 0 rings (SSSR count). The van der Waals surface area contributed by atoms with Crippen LogP contribution >= 0.6 is 24.0 Å². The molecule has 16 heavy (non-hydrogen) atoms.